The van der Waals surface area contributed by atoms with Gasteiger partial charge in [-0.15, -0.1) is 0 Å². The van der Waals surface area contributed by atoms with Gasteiger partial charge in [0, 0.05) is 6.54 Å². The molecule has 4 heteroatoms. The maximum Gasteiger partial charge on any atom is 0.137 e. The van der Waals surface area contributed by atoms with Crippen molar-refractivity contribution in [3.8, 4) is 0 Å². The Balaban J connectivity index is 1.75. The molecule has 1 aliphatic rings. The van der Waals surface area contributed by atoms with Crippen molar-refractivity contribution in [2.45, 2.75) is 32.7 Å². The summed E-state index contributed by atoms with van der Waals surface area (Å²) in [6.07, 6.45) is 6.02. The van der Waals surface area contributed by atoms with Gasteiger partial charge in [-0.1, -0.05) is 13.8 Å². The fourth-order valence-electron chi connectivity index (χ4n) is 2.08. The van der Waals surface area contributed by atoms with Crippen molar-refractivity contribution in [1.82, 2.24) is 20.1 Å². The SMILES string of the molecule is CC(C)CNCC1CCC1n1cncn1. The molecule has 1 fully saturated rings. The van der Waals surface area contributed by atoms with Crippen LogP contribution in [0, 0.1) is 11.8 Å². The minimum atomic E-state index is 0.576. The highest BCUT2D eigenvalue weighted by molar-refractivity contribution is 4.86. The summed E-state index contributed by atoms with van der Waals surface area (Å²) in [5, 5.41) is 7.73. The van der Waals surface area contributed by atoms with Crippen LogP contribution in [-0.4, -0.2) is 27.9 Å². The average Bonchev–Trinajstić information content (AvgIpc) is 2.63. The van der Waals surface area contributed by atoms with Crippen LogP contribution >= 0.6 is 0 Å². The van der Waals surface area contributed by atoms with E-state index in [1.807, 2.05) is 11.0 Å². The summed E-state index contributed by atoms with van der Waals surface area (Å²) >= 11 is 0. The summed E-state index contributed by atoms with van der Waals surface area (Å²) in [7, 11) is 0. The largest absolute Gasteiger partial charge is 0.316 e. The van der Waals surface area contributed by atoms with Crippen LogP contribution in [0.5, 0.6) is 0 Å². The molecule has 1 saturated carbocycles. The van der Waals surface area contributed by atoms with E-state index in [1.165, 1.54) is 12.8 Å². The molecule has 0 bridgehead atoms. The van der Waals surface area contributed by atoms with Gasteiger partial charge < -0.3 is 5.32 Å². The molecule has 2 rings (SSSR count). The van der Waals surface area contributed by atoms with Crippen LogP contribution < -0.4 is 5.32 Å². The third-order valence-corrected chi connectivity index (χ3v) is 3.11. The lowest BCUT2D eigenvalue weighted by atomic mass is 9.79. The molecule has 0 saturated heterocycles. The maximum atomic E-state index is 4.21. The van der Waals surface area contributed by atoms with Crippen molar-refractivity contribution in [3.05, 3.63) is 12.7 Å². The Bertz CT molecular complexity index is 281. The van der Waals surface area contributed by atoms with Gasteiger partial charge in [-0.25, -0.2) is 9.67 Å². The highest BCUT2D eigenvalue weighted by Gasteiger charge is 2.32. The minimum absolute atomic E-state index is 0.576. The second-order valence-electron chi connectivity index (χ2n) is 4.83. The Morgan fingerprint density at radius 3 is 2.87 bits per heavy atom. The molecule has 0 amide bonds. The van der Waals surface area contributed by atoms with E-state index in [4.69, 9.17) is 0 Å². The average molecular weight is 208 g/mol. The molecule has 0 aliphatic heterocycles. The fourth-order valence-corrected chi connectivity index (χ4v) is 2.08. The van der Waals surface area contributed by atoms with Crippen LogP contribution in [0.15, 0.2) is 12.7 Å². The molecule has 0 aromatic carbocycles. The summed E-state index contributed by atoms with van der Waals surface area (Å²) < 4.78 is 2.01. The maximum absolute atomic E-state index is 4.21. The van der Waals surface area contributed by atoms with Crippen LogP contribution in [0.25, 0.3) is 0 Å². The smallest absolute Gasteiger partial charge is 0.137 e. The fraction of sp³-hybridized carbons (Fsp3) is 0.818. The number of rotatable bonds is 5. The summed E-state index contributed by atoms with van der Waals surface area (Å²) in [6.45, 7) is 6.70. The quantitative estimate of drug-likeness (QED) is 0.797. The molecule has 2 unspecified atom stereocenters. The Morgan fingerprint density at radius 2 is 2.33 bits per heavy atom. The Morgan fingerprint density at radius 1 is 1.47 bits per heavy atom. The van der Waals surface area contributed by atoms with Crippen LogP contribution in [-0.2, 0) is 0 Å². The summed E-state index contributed by atoms with van der Waals surface area (Å²) in [5.41, 5.74) is 0. The Labute approximate surface area is 91.1 Å². The van der Waals surface area contributed by atoms with E-state index in [0.717, 1.165) is 24.9 Å². The van der Waals surface area contributed by atoms with Crippen molar-refractivity contribution >= 4 is 0 Å². The first kappa shape index (κ1) is 10.6. The topological polar surface area (TPSA) is 42.7 Å². The lowest BCUT2D eigenvalue weighted by molar-refractivity contribution is 0.161. The number of hydrogen-bond acceptors (Lipinski definition) is 3. The van der Waals surface area contributed by atoms with Crippen LogP contribution in [0.1, 0.15) is 32.7 Å². The molecule has 84 valence electrons. The third-order valence-electron chi connectivity index (χ3n) is 3.11. The van der Waals surface area contributed by atoms with Crippen LogP contribution in [0.4, 0.5) is 0 Å². The molecular formula is C11H20N4. The standard InChI is InChI=1S/C11H20N4/c1-9(2)5-12-6-10-3-4-11(10)15-8-13-7-14-15/h7-12H,3-6H2,1-2H3. The highest BCUT2D eigenvalue weighted by atomic mass is 15.3. The lowest BCUT2D eigenvalue weighted by Crippen LogP contribution is -2.38. The van der Waals surface area contributed by atoms with Gasteiger partial charge in [0.05, 0.1) is 6.04 Å². The molecule has 2 atom stereocenters. The first-order valence-corrected chi connectivity index (χ1v) is 5.82. The van der Waals surface area contributed by atoms with Crippen molar-refractivity contribution in [1.29, 1.82) is 0 Å². The monoisotopic (exact) mass is 208 g/mol. The third kappa shape index (κ3) is 2.56. The van der Waals surface area contributed by atoms with Gasteiger partial charge in [-0.3, -0.25) is 0 Å². The van der Waals surface area contributed by atoms with Crippen molar-refractivity contribution in [2.24, 2.45) is 11.8 Å². The first-order chi connectivity index (χ1) is 7.27. The van der Waals surface area contributed by atoms with E-state index < -0.39 is 0 Å². The minimum Gasteiger partial charge on any atom is -0.316 e. The van der Waals surface area contributed by atoms with E-state index in [9.17, 15) is 0 Å². The molecule has 0 radical (unpaired) electrons. The van der Waals surface area contributed by atoms with Gasteiger partial charge >= 0.3 is 0 Å². The number of hydrogen-bond donors (Lipinski definition) is 1. The zero-order chi connectivity index (χ0) is 10.7. The van der Waals surface area contributed by atoms with E-state index in [0.29, 0.717) is 6.04 Å². The van der Waals surface area contributed by atoms with E-state index in [-0.39, 0.29) is 0 Å². The molecule has 4 nitrogen and oxygen atoms in total. The van der Waals surface area contributed by atoms with Gasteiger partial charge in [0.25, 0.3) is 0 Å². The lowest BCUT2D eigenvalue weighted by Gasteiger charge is -2.36. The molecule has 1 aliphatic carbocycles. The molecule has 1 aromatic heterocycles. The van der Waals surface area contributed by atoms with Gasteiger partial charge in [0.15, 0.2) is 0 Å². The summed E-state index contributed by atoms with van der Waals surface area (Å²) in [5.74, 6) is 1.47. The van der Waals surface area contributed by atoms with E-state index >= 15 is 0 Å². The molecular weight excluding hydrogens is 188 g/mol. The Kier molecular flexibility index (Phi) is 3.36. The zero-order valence-electron chi connectivity index (χ0n) is 9.56. The van der Waals surface area contributed by atoms with Gasteiger partial charge in [0.2, 0.25) is 0 Å². The van der Waals surface area contributed by atoms with Gasteiger partial charge in [-0.2, -0.15) is 5.10 Å². The van der Waals surface area contributed by atoms with Crippen molar-refractivity contribution in [2.75, 3.05) is 13.1 Å². The van der Waals surface area contributed by atoms with Gasteiger partial charge in [0.1, 0.15) is 12.7 Å². The first-order valence-electron chi connectivity index (χ1n) is 5.82. The predicted octanol–water partition coefficient (Wildman–Crippen LogP) is 1.47. The normalized spacial score (nSPS) is 25.5. The number of nitrogens with one attached hydrogen (secondary N) is 1. The summed E-state index contributed by atoms with van der Waals surface area (Å²) in [4.78, 5) is 4.00. The van der Waals surface area contributed by atoms with Crippen molar-refractivity contribution in [3.63, 3.8) is 0 Å². The second-order valence-corrected chi connectivity index (χ2v) is 4.83. The second kappa shape index (κ2) is 4.75. The van der Waals surface area contributed by atoms with E-state index in [2.05, 4.69) is 29.2 Å². The molecule has 1 aromatic rings. The number of aromatic nitrogens is 3. The van der Waals surface area contributed by atoms with Gasteiger partial charge in [-0.05, 0) is 31.2 Å². The molecule has 0 spiro atoms. The predicted molar refractivity (Wildman–Crippen MR) is 59.5 cm³/mol. The summed E-state index contributed by atoms with van der Waals surface area (Å²) in [6, 6.07) is 0.576. The van der Waals surface area contributed by atoms with E-state index in [1.54, 1.807) is 6.33 Å². The van der Waals surface area contributed by atoms with Crippen LogP contribution in [0.3, 0.4) is 0 Å². The highest BCUT2D eigenvalue weighted by Crippen LogP contribution is 2.37. The zero-order valence-corrected chi connectivity index (χ0v) is 9.56. The van der Waals surface area contributed by atoms with Crippen molar-refractivity contribution < 1.29 is 0 Å². The van der Waals surface area contributed by atoms with Crippen LogP contribution in [0.2, 0.25) is 0 Å². The molecule has 1 heterocycles. The molecule has 1 N–H and O–H groups in total. The molecule has 15 heavy (non-hydrogen) atoms. The number of nitrogens with zero attached hydrogens (tertiary/aromatic N) is 3. The Hall–Kier alpha value is -0.900.